The molecule has 1 aliphatic heterocycles. The molecular weight excluding hydrogens is 1560 g/mol. The molecule has 13 rings (SSSR count). The van der Waals surface area contributed by atoms with Crippen LogP contribution in [0.2, 0.25) is 0 Å². The average molecular weight is 1660 g/mol. The highest BCUT2D eigenvalue weighted by atomic mass is 16.6. The summed E-state index contributed by atoms with van der Waals surface area (Å²) in [7, 11) is 0. The van der Waals surface area contributed by atoms with E-state index in [9.17, 15) is 38.9 Å². The first kappa shape index (κ1) is 86.2. The van der Waals surface area contributed by atoms with Gasteiger partial charge in [0, 0.05) is 197 Å². The van der Waals surface area contributed by atoms with Crippen molar-refractivity contribution in [1.82, 2.24) is 67.4 Å². The Morgan fingerprint density at radius 3 is 0.934 bits per heavy atom. The monoisotopic (exact) mass is 1660 g/mol. The van der Waals surface area contributed by atoms with Crippen LogP contribution in [-0.4, -0.2) is 182 Å². The smallest absolute Gasteiger partial charge is 0.306 e. The van der Waals surface area contributed by atoms with Crippen LogP contribution in [0.15, 0.2) is 193 Å². The van der Waals surface area contributed by atoms with Crippen molar-refractivity contribution in [2.45, 2.75) is 171 Å². The van der Waals surface area contributed by atoms with Crippen molar-refractivity contribution in [3.8, 4) is 0 Å². The van der Waals surface area contributed by atoms with E-state index in [0.29, 0.717) is 117 Å². The largest absolute Gasteiger partial charge is 0.464 e. The number of ketones is 2. The van der Waals surface area contributed by atoms with E-state index in [1.54, 1.807) is 60.7 Å². The highest BCUT2D eigenvalue weighted by molar-refractivity contribution is 6.11. The van der Waals surface area contributed by atoms with Crippen molar-refractivity contribution in [1.29, 1.82) is 0 Å². The number of benzene rings is 4. The number of rotatable bonds is 31. The number of hydrogen-bond acceptors (Lipinski definition) is 22. The summed E-state index contributed by atoms with van der Waals surface area (Å²) in [6.45, 7) is 1.69. The SMILES string of the molecule is CCN(CCOC(=O)CCC(=O)N1C[C@@H](C(=O)c2cc(C(=O)N[C@@H]3CCCC[C@H]3NC(=O)c3ccncc3)cc(C(=O)N[C@@H]3CCCC[C@H]3NC(=O)c3ccncc3)c2)[C@H](C(=O)c2cc(C(=O)N[C@@H]3CCCC[C@H]3NC(=O)c3ccncc3)cc(C(=O)N[C@@H]3CCCC[C@H]3NC(=O)c3ccncc3)c2)C1)c1ccc(N=Nc2ccc([N+](=O)[O-])cc2)cc1. The summed E-state index contributed by atoms with van der Waals surface area (Å²) in [5, 5.41) is 44.2. The fraction of sp³-hybridized carbons (Fsp3) is 0.378. The van der Waals surface area contributed by atoms with Gasteiger partial charge in [0.2, 0.25) is 5.91 Å². The summed E-state index contributed by atoms with van der Waals surface area (Å²) in [5.41, 5.74) is 2.02. The van der Waals surface area contributed by atoms with Gasteiger partial charge in [-0.25, -0.2) is 0 Å². The average Bonchev–Trinajstić information content (AvgIpc) is 1.51. The number of carbonyl (C=O) groups is 12. The Morgan fingerprint density at radius 1 is 0.385 bits per heavy atom. The van der Waals surface area contributed by atoms with Gasteiger partial charge in [-0.1, -0.05) is 51.4 Å². The van der Waals surface area contributed by atoms with Gasteiger partial charge in [0.25, 0.3) is 52.9 Å². The zero-order valence-electron chi connectivity index (χ0n) is 67.5. The van der Waals surface area contributed by atoms with Crippen LogP contribution in [0.4, 0.5) is 22.7 Å². The molecule has 632 valence electrons. The maximum atomic E-state index is 16.2. The van der Waals surface area contributed by atoms with E-state index in [2.05, 4.69) is 72.7 Å². The van der Waals surface area contributed by atoms with Gasteiger partial charge in [0.15, 0.2) is 11.6 Å². The highest BCUT2D eigenvalue weighted by Crippen LogP contribution is 2.35. The Hall–Kier alpha value is -13.7. The Morgan fingerprint density at radius 2 is 0.656 bits per heavy atom. The third-order valence-electron chi connectivity index (χ3n) is 23.3. The molecule has 4 aliphatic carbocycles. The lowest BCUT2D eigenvalue weighted by Gasteiger charge is -2.33. The number of likely N-dealkylation sites (tertiary alicyclic amines) is 1. The first-order chi connectivity index (χ1) is 59.2. The van der Waals surface area contributed by atoms with Gasteiger partial charge < -0.3 is 57.1 Å². The lowest BCUT2D eigenvalue weighted by molar-refractivity contribution is -0.384. The second kappa shape index (κ2) is 41.3. The summed E-state index contributed by atoms with van der Waals surface area (Å²) in [5.74, 6) is -10.3. The number of nitro benzene ring substituents is 1. The van der Waals surface area contributed by atoms with Crippen molar-refractivity contribution < 1.29 is 67.2 Å². The highest BCUT2D eigenvalue weighted by Gasteiger charge is 2.45. The predicted molar refractivity (Wildman–Crippen MR) is 448 cm³/mol. The first-order valence-corrected chi connectivity index (χ1v) is 41.6. The lowest BCUT2D eigenvalue weighted by atomic mass is 9.82. The van der Waals surface area contributed by atoms with Crippen molar-refractivity contribution in [2.75, 3.05) is 37.7 Å². The van der Waals surface area contributed by atoms with Crippen LogP contribution in [0.1, 0.15) is 226 Å². The fourth-order valence-corrected chi connectivity index (χ4v) is 16.6. The number of nitrogens with one attached hydrogen (secondary N) is 8. The molecule has 4 aromatic heterocycles. The van der Waals surface area contributed by atoms with Crippen LogP contribution in [0.25, 0.3) is 0 Å². The third kappa shape index (κ3) is 22.6. The molecule has 5 aliphatic rings. The molecule has 0 spiro atoms. The fourth-order valence-electron chi connectivity index (χ4n) is 16.6. The van der Waals surface area contributed by atoms with E-state index < -0.39 is 138 Å². The standard InChI is InChI=1S/C90H97N17O15/c1-2-105(67-23-19-65(20-24-67)103-104-66-21-25-68(26-22-66)107(120)121)45-46-122-80(109)28-27-79(108)106-53-69(81(110)59-47-61(87(116)99-75-15-7-3-11-71(75)95-83(112)55-29-37-91-38-30-55)51-62(48-59)88(117)100-76-16-8-4-12-72(76)96-84(113)56-31-39-92-40-32-56)70(54-106)82(111)60-49-63(89(118)101-77-17-9-5-13-73(77)97-85(114)57-33-41-93-42-34-57)52-64(50-60)90(119)102-78-18-10-6-14-74(78)98-86(115)58-35-43-94-44-36-58/h19-26,29-44,47-52,69-78H,2-18,27-28,45-46,53-54H2,1H3,(H,95,112)(H,96,113)(H,97,114)(H,98,115)(H,99,116)(H,100,117)(H,101,118)(H,102,119)/t69-,70-,71-,72-,73-,74-,75-,76-,77-,78-/m1/s1. The predicted octanol–water partition coefficient (Wildman–Crippen LogP) is 10.5. The summed E-state index contributed by atoms with van der Waals surface area (Å²) in [6.07, 6.45) is 20.6. The van der Waals surface area contributed by atoms with Gasteiger partial charge in [0.05, 0.1) is 41.1 Å². The van der Waals surface area contributed by atoms with Gasteiger partial charge in [-0.2, -0.15) is 10.2 Å². The second-order valence-corrected chi connectivity index (χ2v) is 31.3. The number of pyridine rings is 4. The minimum absolute atomic E-state index is 0.0800. The van der Waals surface area contributed by atoms with Gasteiger partial charge in [-0.3, -0.25) is 87.6 Å². The van der Waals surface area contributed by atoms with Crippen LogP contribution in [0.3, 0.4) is 0 Å². The zero-order chi connectivity index (χ0) is 85.6. The number of amides is 9. The Bertz CT molecular complexity index is 4710. The van der Waals surface area contributed by atoms with Crippen LogP contribution in [0, 0.1) is 22.0 Å². The number of nitro groups is 1. The third-order valence-corrected chi connectivity index (χ3v) is 23.3. The van der Waals surface area contributed by atoms with E-state index in [4.69, 9.17) is 4.74 Å². The molecule has 0 unspecified atom stereocenters. The summed E-state index contributed by atoms with van der Waals surface area (Å²) >= 11 is 0. The van der Waals surface area contributed by atoms with Crippen molar-refractivity contribution in [2.24, 2.45) is 22.1 Å². The van der Waals surface area contributed by atoms with E-state index in [0.717, 1.165) is 31.4 Å². The Kier molecular flexibility index (Phi) is 29.2. The summed E-state index contributed by atoms with van der Waals surface area (Å²) in [6, 6.07) is 28.5. The molecule has 8 aromatic rings. The number of anilines is 1. The minimum Gasteiger partial charge on any atom is -0.464 e. The number of likely N-dealkylation sites (N-methyl/N-ethyl adjacent to an activating group) is 1. The molecule has 5 fully saturated rings. The molecule has 8 N–H and O–H groups in total. The Balaban J connectivity index is 0.811. The molecule has 9 amide bonds. The van der Waals surface area contributed by atoms with Crippen LogP contribution < -0.4 is 47.4 Å². The molecule has 122 heavy (non-hydrogen) atoms. The van der Waals surface area contributed by atoms with Gasteiger partial charge in [0.1, 0.15) is 6.61 Å². The molecular formula is C90H97N17O15. The van der Waals surface area contributed by atoms with Crippen LogP contribution in [-0.2, 0) is 14.3 Å². The van der Waals surface area contributed by atoms with E-state index in [-0.39, 0.29) is 75.8 Å². The molecule has 4 saturated carbocycles. The topological polar surface area (TPSA) is 436 Å². The quantitative estimate of drug-likeness (QED) is 0.00658. The lowest BCUT2D eigenvalue weighted by Crippen LogP contribution is -2.53. The van der Waals surface area contributed by atoms with Crippen LogP contribution >= 0.6 is 0 Å². The van der Waals surface area contributed by atoms with Crippen molar-refractivity contribution in [3.05, 3.63) is 249 Å². The number of carbonyl (C=O) groups excluding carboxylic acids is 12. The van der Waals surface area contributed by atoms with Crippen molar-refractivity contribution in [3.63, 3.8) is 0 Å². The minimum atomic E-state index is -1.48. The molecule has 32 heteroatoms. The first-order valence-electron chi connectivity index (χ1n) is 41.6. The second-order valence-electron chi connectivity index (χ2n) is 31.3. The normalized spacial score (nSPS) is 20.6. The molecule has 1 saturated heterocycles. The Labute approximate surface area is 704 Å². The number of aromatic nitrogens is 4. The van der Waals surface area contributed by atoms with E-state index >= 15 is 28.8 Å². The number of esters is 1. The van der Waals surface area contributed by atoms with Crippen LogP contribution in [0.5, 0.6) is 0 Å². The van der Waals surface area contributed by atoms with Gasteiger partial charge in [-0.05, 0) is 180 Å². The van der Waals surface area contributed by atoms with Crippen molar-refractivity contribution >= 4 is 93.4 Å². The summed E-state index contributed by atoms with van der Waals surface area (Å²) < 4.78 is 5.71. The summed E-state index contributed by atoms with van der Waals surface area (Å²) in [4.78, 5) is 206. The number of hydrogen-bond donors (Lipinski definition) is 8. The van der Waals surface area contributed by atoms with Gasteiger partial charge in [-0.15, -0.1) is 0 Å². The van der Waals surface area contributed by atoms with E-state index in [1.165, 1.54) is 115 Å². The number of nitrogens with zero attached hydrogens (tertiary/aromatic N) is 9. The molecule has 0 bridgehead atoms. The molecule has 4 aromatic carbocycles. The van der Waals surface area contributed by atoms with Gasteiger partial charge >= 0.3 is 5.97 Å². The maximum absolute atomic E-state index is 16.2. The molecule has 0 radical (unpaired) electrons. The number of Topliss-reactive ketones (excluding diaryl/α,β-unsaturated/α-hetero) is 2. The molecule has 32 nitrogen and oxygen atoms in total. The number of non-ortho nitro benzene ring substituents is 1. The molecule has 10 atom stereocenters. The van der Waals surface area contributed by atoms with E-state index in [1.807, 2.05) is 24.0 Å². The number of ether oxygens (including phenoxy) is 1. The maximum Gasteiger partial charge on any atom is 0.306 e. The zero-order valence-corrected chi connectivity index (χ0v) is 67.5. The number of azo groups is 1. The molecule has 5 heterocycles.